The number of rotatable bonds is 6. The molecule has 0 aliphatic carbocycles. The van der Waals surface area contributed by atoms with E-state index < -0.39 is 74.6 Å². The molecule has 0 spiro atoms. The molecular formula is C18H26O11. The zero-order valence-corrected chi connectivity index (χ0v) is 15.3. The third-order valence-corrected chi connectivity index (χ3v) is 4.96. The van der Waals surface area contributed by atoms with Crippen molar-refractivity contribution in [3.8, 4) is 5.75 Å². The number of benzene rings is 1. The van der Waals surface area contributed by atoms with Crippen LogP contribution in [-0.4, -0.2) is 110 Å². The van der Waals surface area contributed by atoms with Crippen LogP contribution in [0.25, 0.3) is 0 Å². The van der Waals surface area contributed by atoms with Crippen LogP contribution in [-0.2, 0) is 14.2 Å². The second kappa shape index (κ2) is 9.62. The SMILES string of the molecule is OC[C@@H]1O[C@@H](O[C@H]2[C@H](Oc3ccccc3)O[C@@H](CO)[C@@H](O)[C@@H]2O)[C@H](O)[C@@H](O)[C@@H]1O. The topological polar surface area (TPSA) is 179 Å². The van der Waals surface area contributed by atoms with Crippen LogP contribution in [0.1, 0.15) is 0 Å². The van der Waals surface area contributed by atoms with E-state index in [0.29, 0.717) is 5.75 Å². The fourth-order valence-corrected chi connectivity index (χ4v) is 3.26. The maximum Gasteiger partial charge on any atom is 0.229 e. The van der Waals surface area contributed by atoms with Crippen LogP contribution in [0.15, 0.2) is 30.3 Å². The Labute approximate surface area is 166 Å². The van der Waals surface area contributed by atoms with Crippen LogP contribution in [0.3, 0.4) is 0 Å². The second-order valence-corrected chi connectivity index (χ2v) is 6.94. The number of para-hydroxylation sites is 1. The summed E-state index contributed by atoms with van der Waals surface area (Å²) < 4.78 is 22.0. The minimum Gasteiger partial charge on any atom is -0.462 e. The first-order chi connectivity index (χ1) is 13.9. The summed E-state index contributed by atoms with van der Waals surface area (Å²) in [5.74, 6) is 0.347. The first kappa shape index (κ1) is 22.3. The van der Waals surface area contributed by atoms with E-state index in [9.17, 15) is 35.7 Å². The molecule has 1 aromatic rings. The Hall–Kier alpha value is -1.38. The van der Waals surface area contributed by atoms with E-state index >= 15 is 0 Å². The zero-order valence-electron chi connectivity index (χ0n) is 15.3. The molecule has 0 radical (unpaired) electrons. The highest BCUT2D eigenvalue weighted by Crippen LogP contribution is 2.30. The van der Waals surface area contributed by atoms with E-state index in [4.69, 9.17) is 18.9 Å². The minimum atomic E-state index is -1.72. The molecule has 2 aliphatic heterocycles. The van der Waals surface area contributed by atoms with Crippen molar-refractivity contribution in [2.24, 2.45) is 0 Å². The Bertz CT molecular complexity index is 629. The average molecular weight is 418 g/mol. The van der Waals surface area contributed by atoms with Gasteiger partial charge in [-0.1, -0.05) is 18.2 Å². The predicted molar refractivity (Wildman–Crippen MR) is 93.5 cm³/mol. The molecule has 11 nitrogen and oxygen atoms in total. The molecule has 0 unspecified atom stereocenters. The molecule has 10 atom stereocenters. The summed E-state index contributed by atoms with van der Waals surface area (Å²) in [4.78, 5) is 0. The maximum atomic E-state index is 10.5. The average Bonchev–Trinajstić information content (AvgIpc) is 2.73. The quantitative estimate of drug-likeness (QED) is 0.246. The number of hydrogen-bond donors (Lipinski definition) is 7. The number of aliphatic hydroxyl groups is 7. The number of aliphatic hydroxyl groups excluding tert-OH is 7. The van der Waals surface area contributed by atoms with Crippen molar-refractivity contribution in [2.45, 2.75) is 61.4 Å². The lowest BCUT2D eigenvalue weighted by atomic mass is 9.97. The van der Waals surface area contributed by atoms with Gasteiger partial charge in [0.1, 0.15) is 48.5 Å². The third kappa shape index (κ3) is 4.70. The molecule has 2 fully saturated rings. The van der Waals surface area contributed by atoms with Crippen molar-refractivity contribution in [1.29, 1.82) is 0 Å². The van der Waals surface area contributed by atoms with Crippen LogP contribution in [0.2, 0.25) is 0 Å². The van der Waals surface area contributed by atoms with Gasteiger partial charge in [0, 0.05) is 0 Å². The van der Waals surface area contributed by atoms with E-state index in [0.717, 1.165) is 0 Å². The fourth-order valence-electron chi connectivity index (χ4n) is 3.26. The largest absolute Gasteiger partial charge is 0.462 e. The highest BCUT2D eigenvalue weighted by atomic mass is 16.8. The van der Waals surface area contributed by atoms with Gasteiger partial charge in [-0.05, 0) is 12.1 Å². The zero-order chi connectivity index (χ0) is 21.1. The van der Waals surface area contributed by atoms with Crippen molar-refractivity contribution in [3.05, 3.63) is 30.3 Å². The van der Waals surface area contributed by atoms with Gasteiger partial charge in [0.25, 0.3) is 0 Å². The molecular weight excluding hydrogens is 392 g/mol. The molecule has 2 saturated heterocycles. The van der Waals surface area contributed by atoms with Crippen LogP contribution in [0, 0.1) is 0 Å². The highest BCUT2D eigenvalue weighted by molar-refractivity contribution is 5.21. The Morgan fingerprint density at radius 1 is 0.690 bits per heavy atom. The minimum absolute atomic E-state index is 0.347. The summed E-state index contributed by atoms with van der Waals surface area (Å²) in [5, 5.41) is 69.3. The summed E-state index contributed by atoms with van der Waals surface area (Å²) in [6, 6.07) is 8.37. The molecule has 164 valence electrons. The van der Waals surface area contributed by atoms with Crippen LogP contribution < -0.4 is 4.74 Å². The van der Waals surface area contributed by atoms with Crippen molar-refractivity contribution in [1.82, 2.24) is 0 Å². The maximum absolute atomic E-state index is 10.5. The number of ether oxygens (including phenoxy) is 4. The Morgan fingerprint density at radius 2 is 1.24 bits per heavy atom. The molecule has 1 aromatic carbocycles. The van der Waals surface area contributed by atoms with Gasteiger partial charge in [0.05, 0.1) is 13.2 Å². The monoisotopic (exact) mass is 418 g/mol. The normalized spacial score (nSPS) is 43.1. The molecule has 7 N–H and O–H groups in total. The van der Waals surface area contributed by atoms with Gasteiger partial charge in [0.2, 0.25) is 6.29 Å². The van der Waals surface area contributed by atoms with E-state index in [1.165, 1.54) is 0 Å². The van der Waals surface area contributed by atoms with Crippen molar-refractivity contribution in [3.63, 3.8) is 0 Å². The highest BCUT2D eigenvalue weighted by Gasteiger charge is 2.51. The molecule has 0 amide bonds. The Morgan fingerprint density at radius 3 is 1.83 bits per heavy atom. The Balaban J connectivity index is 1.80. The van der Waals surface area contributed by atoms with Crippen LogP contribution in [0.5, 0.6) is 5.75 Å². The van der Waals surface area contributed by atoms with Crippen molar-refractivity contribution >= 4 is 0 Å². The van der Waals surface area contributed by atoms with Gasteiger partial charge in [-0.25, -0.2) is 0 Å². The summed E-state index contributed by atoms with van der Waals surface area (Å²) in [6.07, 6.45) is -14.8. The lowest BCUT2D eigenvalue weighted by Gasteiger charge is -2.45. The summed E-state index contributed by atoms with van der Waals surface area (Å²) in [6.45, 7) is -1.26. The molecule has 0 saturated carbocycles. The fraction of sp³-hybridized carbons (Fsp3) is 0.667. The molecule has 2 heterocycles. The first-order valence-corrected chi connectivity index (χ1v) is 9.17. The summed E-state index contributed by atoms with van der Waals surface area (Å²) >= 11 is 0. The second-order valence-electron chi connectivity index (χ2n) is 6.94. The van der Waals surface area contributed by atoms with Crippen LogP contribution >= 0.6 is 0 Å². The van der Waals surface area contributed by atoms with Gasteiger partial charge in [-0.3, -0.25) is 0 Å². The van der Waals surface area contributed by atoms with Gasteiger partial charge < -0.3 is 54.7 Å². The third-order valence-electron chi connectivity index (χ3n) is 4.96. The van der Waals surface area contributed by atoms with Crippen LogP contribution in [0.4, 0.5) is 0 Å². The predicted octanol–water partition coefficient (Wildman–Crippen LogP) is -3.31. The van der Waals surface area contributed by atoms with Gasteiger partial charge in [-0.2, -0.15) is 0 Å². The van der Waals surface area contributed by atoms with Crippen molar-refractivity contribution in [2.75, 3.05) is 13.2 Å². The van der Waals surface area contributed by atoms with Gasteiger partial charge in [0.15, 0.2) is 12.4 Å². The first-order valence-electron chi connectivity index (χ1n) is 9.17. The van der Waals surface area contributed by atoms with E-state index in [-0.39, 0.29) is 0 Å². The molecule has 11 heteroatoms. The lowest BCUT2D eigenvalue weighted by Crippen LogP contribution is -2.65. The lowest BCUT2D eigenvalue weighted by molar-refractivity contribution is -0.357. The molecule has 3 rings (SSSR count). The number of hydrogen-bond acceptors (Lipinski definition) is 11. The van der Waals surface area contributed by atoms with Crippen molar-refractivity contribution < 1.29 is 54.7 Å². The van der Waals surface area contributed by atoms with E-state index in [2.05, 4.69) is 0 Å². The Kier molecular flexibility index (Phi) is 7.40. The molecule has 0 aromatic heterocycles. The van der Waals surface area contributed by atoms with E-state index in [1.807, 2.05) is 0 Å². The van der Waals surface area contributed by atoms with Gasteiger partial charge >= 0.3 is 0 Å². The smallest absolute Gasteiger partial charge is 0.229 e. The standard InChI is InChI=1S/C18H26O11/c19-6-9-11(21)13(23)15(25)17(27-9)29-16-14(24)12(22)10(7-20)28-18(16)26-8-4-2-1-3-5-8/h1-5,9-25H,6-7H2/t9-,10-,11+,12+,13-,14-,15+,16+,17-,18+/m0/s1. The molecule has 2 aliphatic rings. The van der Waals surface area contributed by atoms with E-state index in [1.54, 1.807) is 30.3 Å². The molecule has 0 bridgehead atoms. The van der Waals surface area contributed by atoms with Gasteiger partial charge in [-0.15, -0.1) is 0 Å². The molecule has 29 heavy (non-hydrogen) atoms. The summed E-state index contributed by atoms with van der Waals surface area (Å²) in [7, 11) is 0. The summed E-state index contributed by atoms with van der Waals surface area (Å²) in [5.41, 5.74) is 0.